The van der Waals surface area contributed by atoms with Crippen LogP contribution >= 0.6 is 0 Å². The molecule has 4 heteroatoms. The Balaban J connectivity index is 2.06. The predicted octanol–water partition coefficient (Wildman–Crippen LogP) is 1.81. The average Bonchev–Trinajstić information content (AvgIpc) is 2.23. The lowest BCUT2D eigenvalue weighted by Crippen LogP contribution is -2.37. The Morgan fingerprint density at radius 2 is 2.25 bits per heavy atom. The molecule has 0 heterocycles. The number of nitriles is 1. The molecule has 1 fully saturated rings. The van der Waals surface area contributed by atoms with Crippen LogP contribution in [0.15, 0.2) is 18.2 Å². The molecular weight excluding hydrogens is 207 g/mol. The lowest BCUT2D eigenvalue weighted by Gasteiger charge is -2.34. The van der Waals surface area contributed by atoms with Crippen molar-refractivity contribution in [1.82, 2.24) is 0 Å². The van der Waals surface area contributed by atoms with E-state index in [9.17, 15) is 4.39 Å². The molecule has 1 aliphatic rings. The number of hydrogen-bond acceptors (Lipinski definition) is 3. The Labute approximate surface area is 93.6 Å². The van der Waals surface area contributed by atoms with Gasteiger partial charge in [0.15, 0.2) is 0 Å². The summed E-state index contributed by atoms with van der Waals surface area (Å²) in [4.78, 5) is 0. The smallest absolute Gasteiger partial charge is 0.144 e. The van der Waals surface area contributed by atoms with E-state index in [0.29, 0.717) is 18.2 Å². The van der Waals surface area contributed by atoms with Gasteiger partial charge in [-0.05, 0) is 37.4 Å². The number of rotatable bonds is 3. The van der Waals surface area contributed by atoms with E-state index in [4.69, 9.17) is 15.7 Å². The number of halogens is 1. The van der Waals surface area contributed by atoms with E-state index in [1.807, 2.05) is 6.07 Å². The zero-order valence-electron chi connectivity index (χ0n) is 8.82. The van der Waals surface area contributed by atoms with E-state index in [0.717, 1.165) is 12.8 Å². The van der Waals surface area contributed by atoms with Gasteiger partial charge in [0.2, 0.25) is 0 Å². The fraction of sp³-hybridized carbons (Fsp3) is 0.417. The van der Waals surface area contributed by atoms with Crippen molar-refractivity contribution in [2.45, 2.75) is 18.9 Å². The van der Waals surface area contributed by atoms with Crippen LogP contribution < -0.4 is 10.5 Å². The number of hydrogen-bond donors (Lipinski definition) is 1. The molecule has 1 aromatic carbocycles. The molecule has 0 unspecified atom stereocenters. The molecule has 3 nitrogen and oxygen atoms in total. The molecule has 0 atom stereocenters. The van der Waals surface area contributed by atoms with Gasteiger partial charge in [-0.3, -0.25) is 0 Å². The molecule has 0 radical (unpaired) electrons. The van der Waals surface area contributed by atoms with E-state index in [-0.39, 0.29) is 11.7 Å². The van der Waals surface area contributed by atoms with Crippen molar-refractivity contribution in [3.63, 3.8) is 0 Å². The van der Waals surface area contributed by atoms with Crippen LogP contribution in [-0.2, 0) is 0 Å². The first-order valence-electron chi connectivity index (χ1n) is 5.30. The molecule has 16 heavy (non-hydrogen) atoms. The highest BCUT2D eigenvalue weighted by Crippen LogP contribution is 2.32. The van der Waals surface area contributed by atoms with Crippen LogP contribution in [0.4, 0.5) is 4.39 Å². The van der Waals surface area contributed by atoms with Gasteiger partial charge in [-0.25, -0.2) is 4.39 Å². The highest BCUT2D eigenvalue weighted by atomic mass is 19.1. The Hall–Kier alpha value is -1.60. The number of nitrogens with two attached hydrogens (primary N) is 1. The zero-order chi connectivity index (χ0) is 11.5. The van der Waals surface area contributed by atoms with Gasteiger partial charge < -0.3 is 10.5 Å². The van der Waals surface area contributed by atoms with Gasteiger partial charge >= 0.3 is 0 Å². The maximum Gasteiger partial charge on any atom is 0.144 e. The maximum atomic E-state index is 13.2. The summed E-state index contributed by atoms with van der Waals surface area (Å²) in [6.07, 6.45) is 1.85. The van der Waals surface area contributed by atoms with Gasteiger partial charge in [0, 0.05) is 0 Å². The summed E-state index contributed by atoms with van der Waals surface area (Å²) in [5.74, 6) is 0.307. The lowest BCUT2D eigenvalue weighted by atomic mass is 9.82. The first kappa shape index (κ1) is 10.9. The second-order valence-corrected chi connectivity index (χ2v) is 4.04. The first-order valence-corrected chi connectivity index (χ1v) is 5.30. The molecule has 0 aromatic heterocycles. The van der Waals surface area contributed by atoms with Gasteiger partial charge in [0.1, 0.15) is 23.2 Å². The van der Waals surface area contributed by atoms with Crippen molar-refractivity contribution < 1.29 is 9.13 Å². The van der Waals surface area contributed by atoms with Gasteiger partial charge in [-0.1, -0.05) is 6.07 Å². The quantitative estimate of drug-likeness (QED) is 0.845. The SMILES string of the molecule is N#Cc1c(F)cccc1OC1CC(CN)C1. The van der Waals surface area contributed by atoms with Crippen LogP contribution in [0.3, 0.4) is 0 Å². The second-order valence-electron chi connectivity index (χ2n) is 4.04. The van der Waals surface area contributed by atoms with Gasteiger partial charge in [0.05, 0.1) is 6.10 Å². The molecule has 2 rings (SSSR count). The van der Waals surface area contributed by atoms with Crippen LogP contribution in [0.5, 0.6) is 5.75 Å². The number of benzene rings is 1. The minimum Gasteiger partial charge on any atom is -0.489 e. The van der Waals surface area contributed by atoms with Crippen LogP contribution in [0, 0.1) is 23.1 Å². The third kappa shape index (κ3) is 2.00. The summed E-state index contributed by atoms with van der Waals surface area (Å²) in [6, 6.07) is 6.25. The van der Waals surface area contributed by atoms with Crippen LogP contribution in [-0.4, -0.2) is 12.6 Å². The third-order valence-corrected chi connectivity index (χ3v) is 2.91. The number of nitrogens with zero attached hydrogens (tertiary/aromatic N) is 1. The molecule has 0 spiro atoms. The molecule has 0 aliphatic heterocycles. The zero-order valence-corrected chi connectivity index (χ0v) is 8.82. The molecular formula is C12H13FN2O. The molecule has 0 amide bonds. The number of ether oxygens (including phenoxy) is 1. The summed E-state index contributed by atoms with van der Waals surface area (Å²) >= 11 is 0. The molecule has 1 saturated carbocycles. The molecule has 1 aliphatic carbocycles. The van der Waals surface area contributed by atoms with Crippen molar-refractivity contribution in [3.05, 3.63) is 29.6 Å². The van der Waals surface area contributed by atoms with Crippen LogP contribution in [0.25, 0.3) is 0 Å². The van der Waals surface area contributed by atoms with E-state index in [1.165, 1.54) is 6.07 Å². The monoisotopic (exact) mass is 220 g/mol. The third-order valence-electron chi connectivity index (χ3n) is 2.91. The van der Waals surface area contributed by atoms with E-state index >= 15 is 0 Å². The first-order chi connectivity index (χ1) is 7.74. The summed E-state index contributed by atoms with van der Waals surface area (Å²) in [5.41, 5.74) is 5.49. The summed E-state index contributed by atoms with van der Waals surface area (Å²) in [7, 11) is 0. The van der Waals surface area contributed by atoms with Gasteiger partial charge in [-0.15, -0.1) is 0 Å². The van der Waals surface area contributed by atoms with Crippen molar-refractivity contribution in [2.75, 3.05) is 6.54 Å². The second kappa shape index (κ2) is 4.50. The largest absolute Gasteiger partial charge is 0.489 e. The molecule has 2 N–H and O–H groups in total. The van der Waals surface area contributed by atoms with Crippen molar-refractivity contribution in [3.8, 4) is 11.8 Å². The molecule has 84 valence electrons. The Morgan fingerprint density at radius 3 is 2.88 bits per heavy atom. The highest BCUT2D eigenvalue weighted by Gasteiger charge is 2.30. The van der Waals surface area contributed by atoms with Crippen molar-refractivity contribution in [1.29, 1.82) is 5.26 Å². The highest BCUT2D eigenvalue weighted by molar-refractivity contribution is 5.44. The van der Waals surface area contributed by atoms with Crippen LogP contribution in [0.2, 0.25) is 0 Å². The minimum absolute atomic E-state index is 0.0151. The topological polar surface area (TPSA) is 59.0 Å². The fourth-order valence-electron chi connectivity index (χ4n) is 1.85. The Kier molecular flexibility index (Phi) is 3.07. The van der Waals surface area contributed by atoms with Crippen molar-refractivity contribution >= 4 is 0 Å². The average molecular weight is 220 g/mol. The van der Waals surface area contributed by atoms with E-state index in [2.05, 4.69) is 0 Å². The molecule has 1 aromatic rings. The summed E-state index contributed by atoms with van der Waals surface area (Å²) in [6.45, 7) is 0.661. The Bertz CT molecular complexity index is 422. The minimum atomic E-state index is -0.533. The summed E-state index contributed by atoms with van der Waals surface area (Å²) in [5, 5.41) is 8.81. The molecule has 0 bridgehead atoms. The van der Waals surface area contributed by atoms with Gasteiger partial charge in [0.25, 0.3) is 0 Å². The maximum absolute atomic E-state index is 13.2. The normalized spacial score (nSPS) is 23.3. The fourth-order valence-corrected chi connectivity index (χ4v) is 1.85. The standard InChI is InChI=1S/C12H13FN2O/c13-11-2-1-3-12(10(11)7-15)16-9-4-8(5-9)6-14/h1-3,8-9H,4-6,14H2. The van der Waals surface area contributed by atoms with E-state index < -0.39 is 5.82 Å². The van der Waals surface area contributed by atoms with Crippen molar-refractivity contribution in [2.24, 2.45) is 11.7 Å². The predicted molar refractivity (Wildman–Crippen MR) is 57.3 cm³/mol. The summed E-state index contributed by atoms with van der Waals surface area (Å²) < 4.78 is 18.8. The lowest BCUT2D eigenvalue weighted by molar-refractivity contribution is 0.0685. The van der Waals surface area contributed by atoms with Crippen LogP contribution in [0.1, 0.15) is 18.4 Å². The van der Waals surface area contributed by atoms with Gasteiger partial charge in [-0.2, -0.15) is 5.26 Å². The Morgan fingerprint density at radius 1 is 1.50 bits per heavy atom. The van der Waals surface area contributed by atoms with E-state index in [1.54, 1.807) is 12.1 Å². The molecule has 0 saturated heterocycles.